The molecule has 9 heteroatoms. The number of rotatable bonds is 4. The molecule has 0 aliphatic carbocycles. The summed E-state index contributed by atoms with van der Waals surface area (Å²) in [6.07, 6.45) is 3.14. The molecule has 0 radical (unpaired) electrons. The van der Waals surface area contributed by atoms with Crippen LogP contribution in [0, 0.1) is 13.8 Å². The number of sulfonamides is 1. The second kappa shape index (κ2) is 6.93. The molecule has 3 rings (SSSR count). The van der Waals surface area contributed by atoms with E-state index in [1.165, 1.54) is 15.2 Å². The monoisotopic (exact) mass is 363 g/mol. The van der Waals surface area contributed by atoms with Crippen LogP contribution < -0.4 is 0 Å². The number of aromatic nitrogens is 3. The average Bonchev–Trinajstić information content (AvgIpc) is 3.10. The maximum Gasteiger partial charge on any atom is 0.244 e. The molecule has 8 nitrogen and oxygen atoms in total. The minimum atomic E-state index is -3.53. The Bertz CT molecular complexity index is 856. The third-order valence-corrected chi connectivity index (χ3v) is 6.37. The molecular formula is C16H21N5O3S. The fraction of sp³-hybridized carbons (Fsp3) is 0.438. The number of hydrogen-bond acceptors (Lipinski definition) is 5. The Balaban J connectivity index is 1.64. The zero-order chi connectivity index (χ0) is 18.0. The molecule has 2 aromatic rings. The van der Waals surface area contributed by atoms with Crippen LogP contribution in [0.2, 0.25) is 0 Å². The molecule has 0 saturated carbocycles. The van der Waals surface area contributed by atoms with Crippen LogP contribution in [0.1, 0.15) is 11.1 Å². The second-order valence-corrected chi connectivity index (χ2v) is 8.07. The van der Waals surface area contributed by atoms with E-state index in [2.05, 4.69) is 10.3 Å². The number of nitrogens with zero attached hydrogens (tertiary/aromatic N) is 5. The molecule has 1 aliphatic rings. The molecule has 1 saturated heterocycles. The largest absolute Gasteiger partial charge is 0.338 e. The van der Waals surface area contributed by atoms with Crippen LogP contribution >= 0.6 is 0 Å². The summed E-state index contributed by atoms with van der Waals surface area (Å²) in [5.74, 6) is -0.0891. The van der Waals surface area contributed by atoms with Crippen molar-refractivity contribution in [3.8, 4) is 0 Å². The first kappa shape index (κ1) is 17.6. The lowest BCUT2D eigenvalue weighted by atomic mass is 10.1. The lowest BCUT2D eigenvalue weighted by molar-refractivity contribution is -0.133. The number of aryl methyl sites for hydroxylation is 2. The van der Waals surface area contributed by atoms with Crippen molar-refractivity contribution < 1.29 is 13.2 Å². The Morgan fingerprint density at radius 2 is 1.84 bits per heavy atom. The van der Waals surface area contributed by atoms with Crippen LogP contribution in [0.25, 0.3) is 0 Å². The van der Waals surface area contributed by atoms with Crippen molar-refractivity contribution in [2.75, 3.05) is 26.2 Å². The molecule has 134 valence electrons. The van der Waals surface area contributed by atoms with Gasteiger partial charge in [0.15, 0.2) is 0 Å². The van der Waals surface area contributed by atoms with E-state index in [9.17, 15) is 13.2 Å². The van der Waals surface area contributed by atoms with E-state index in [4.69, 9.17) is 0 Å². The molecule has 25 heavy (non-hydrogen) atoms. The molecule has 0 N–H and O–H groups in total. The zero-order valence-electron chi connectivity index (χ0n) is 14.3. The highest BCUT2D eigenvalue weighted by molar-refractivity contribution is 7.89. The third-order valence-electron chi connectivity index (χ3n) is 4.48. The molecule has 1 aromatic carbocycles. The Morgan fingerprint density at radius 3 is 2.44 bits per heavy atom. The fourth-order valence-corrected chi connectivity index (χ4v) is 4.26. The van der Waals surface area contributed by atoms with Gasteiger partial charge in [-0.2, -0.15) is 4.31 Å². The lowest BCUT2D eigenvalue weighted by Gasteiger charge is -2.34. The van der Waals surface area contributed by atoms with Crippen LogP contribution in [0.5, 0.6) is 0 Å². The van der Waals surface area contributed by atoms with Crippen LogP contribution in [-0.4, -0.2) is 64.7 Å². The van der Waals surface area contributed by atoms with Gasteiger partial charge in [-0.05, 0) is 37.1 Å². The molecule has 1 aromatic heterocycles. The van der Waals surface area contributed by atoms with Crippen molar-refractivity contribution in [2.24, 2.45) is 0 Å². The number of carbonyl (C=O) groups is 1. The summed E-state index contributed by atoms with van der Waals surface area (Å²) in [6, 6.07) is 5.16. The molecule has 2 heterocycles. The maximum absolute atomic E-state index is 12.8. The van der Waals surface area contributed by atoms with Crippen molar-refractivity contribution in [3.05, 3.63) is 41.7 Å². The van der Waals surface area contributed by atoms with E-state index in [0.717, 1.165) is 11.1 Å². The topological polar surface area (TPSA) is 88.4 Å². The van der Waals surface area contributed by atoms with Gasteiger partial charge in [0.05, 0.1) is 11.1 Å². The molecule has 0 unspecified atom stereocenters. The smallest absolute Gasteiger partial charge is 0.244 e. The summed E-state index contributed by atoms with van der Waals surface area (Å²) in [7, 11) is -3.53. The number of benzene rings is 1. The summed E-state index contributed by atoms with van der Waals surface area (Å²) < 4.78 is 28.5. The van der Waals surface area contributed by atoms with Crippen LogP contribution in [0.3, 0.4) is 0 Å². The van der Waals surface area contributed by atoms with Crippen LogP contribution in [0.15, 0.2) is 35.5 Å². The minimum Gasteiger partial charge on any atom is -0.338 e. The summed E-state index contributed by atoms with van der Waals surface area (Å²) in [5, 5.41) is 7.44. The quantitative estimate of drug-likeness (QED) is 0.786. The van der Waals surface area contributed by atoms with E-state index < -0.39 is 10.0 Å². The molecule has 0 spiro atoms. The summed E-state index contributed by atoms with van der Waals surface area (Å²) >= 11 is 0. The predicted molar refractivity (Wildman–Crippen MR) is 91.3 cm³/mol. The van der Waals surface area contributed by atoms with Gasteiger partial charge in [0, 0.05) is 32.4 Å². The first-order valence-electron chi connectivity index (χ1n) is 8.07. The van der Waals surface area contributed by atoms with Crippen molar-refractivity contribution in [3.63, 3.8) is 0 Å². The standard InChI is InChI=1S/C16H21N5O3S/c1-13-3-4-15(11-14(13)2)25(23,24)21-9-7-19(8-10-21)16(22)12-20-6-5-17-18-20/h3-6,11H,7-10,12H2,1-2H3. The average molecular weight is 363 g/mol. The maximum atomic E-state index is 12.8. The molecule has 1 amide bonds. The number of carbonyl (C=O) groups excluding carboxylic acids is 1. The summed E-state index contributed by atoms with van der Waals surface area (Å²) in [5.41, 5.74) is 2.00. The van der Waals surface area contributed by atoms with Crippen molar-refractivity contribution in [1.29, 1.82) is 0 Å². The molecule has 1 aliphatic heterocycles. The van der Waals surface area contributed by atoms with Gasteiger partial charge >= 0.3 is 0 Å². The number of hydrogen-bond donors (Lipinski definition) is 0. The van der Waals surface area contributed by atoms with Crippen LogP contribution in [-0.2, 0) is 21.4 Å². The van der Waals surface area contributed by atoms with Gasteiger partial charge in [0.1, 0.15) is 6.54 Å². The number of piperazine rings is 1. The Labute approximate surface area is 147 Å². The van der Waals surface area contributed by atoms with Gasteiger partial charge in [-0.1, -0.05) is 11.3 Å². The van der Waals surface area contributed by atoms with E-state index >= 15 is 0 Å². The summed E-state index contributed by atoms with van der Waals surface area (Å²) in [4.78, 5) is 14.2. The van der Waals surface area contributed by atoms with E-state index in [1.54, 1.807) is 23.2 Å². The molecule has 1 fully saturated rings. The third kappa shape index (κ3) is 3.72. The summed E-state index contributed by atoms with van der Waals surface area (Å²) in [6.45, 7) is 5.29. The van der Waals surface area contributed by atoms with Crippen LogP contribution in [0.4, 0.5) is 0 Å². The van der Waals surface area contributed by atoms with Gasteiger partial charge in [-0.3, -0.25) is 4.79 Å². The molecular weight excluding hydrogens is 342 g/mol. The van der Waals surface area contributed by atoms with E-state index in [-0.39, 0.29) is 12.5 Å². The van der Waals surface area contributed by atoms with Gasteiger partial charge in [-0.25, -0.2) is 13.1 Å². The molecule has 0 atom stereocenters. The Morgan fingerprint density at radius 1 is 1.12 bits per heavy atom. The van der Waals surface area contributed by atoms with Gasteiger partial charge < -0.3 is 4.90 Å². The zero-order valence-corrected chi connectivity index (χ0v) is 15.1. The highest BCUT2D eigenvalue weighted by Gasteiger charge is 2.30. The van der Waals surface area contributed by atoms with Gasteiger partial charge in [-0.15, -0.1) is 5.10 Å². The first-order chi connectivity index (χ1) is 11.9. The second-order valence-electron chi connectivity index (χ2n) is 6.13. The highest BCUT2D eigenvalue weighted by Crippen LogP contribution is 2.20. The normalized spacial score (nSPS) is 16.2. The van der Waals surface area contributed by atoms with Gasteiger partial charge in [0.25, 0.3) is 0 Å². The van der Waals surface area contributed by atoms with E-state index in [0.29, 0.717) is 31.1 Å². The van der Waals surface area contributed by atoms with Crippen molar-refractivity contribution >= 4 is 15.9 Å². The highest BCUT2D eigenvalue weighted by atomic mass is 32.2. The number of amides is 1. The van der Waals surface area contributed by atoms with Crippen molar-refractivity contribution in [2.45, 2.75) is 25.3 Å². The Hall–Kier alpha value is -2.26. The first-order valence-corrected chi connectivity index (χ1v) is 9.51. The minimum absolute atomic E-state index is 0.0891. The fourth-order valence-electron chi connectivity index (χ4n) is 2.76. The SMILES string of the molecule is Cc1ccc(S(=O)(=O)N2CCN(C(=O)Cn3ccnn3)CC2)cc1C. The molecule has 0 bridgehead atoms. The lowest BCUT2D eigenvalue weighted by Crippen LogP contribution is -2.51. The van der Waals surface area contributed by atoms with E-state index in [1.807, 2.05) is 19.9 Å². The van der Waals surface area contributed by atoms with Crippen molar-refractivity contribution in [1.82, 2.24) is 24.2 Å². The predicted octanol–water partition coefficient (Wildman–Crippen LogP) is 0.428. The Kier molecular flexibility index (Phi) is 4.87. The van der Waals surface area contributed by atoms with Gasteiger partial charge in [0.2, 0.25) is 15.9 Å².